The molecule has 0 radical (unpaired) electrons. The van der Waals surface area contributed by atoms with Crippen LogP contribution in [0, 0.1) is 0 Å². The SMILES string of the molecule is NCc1ccc(-c2cnc(N3CCC(O)CC3)nc2)cc1C(F)(F)F. The Morgan fingerprint density at radius 1 is 1.12 bits per heavy atom. The molecule has 0 saturated carbocycles. The number of aliphatic hydroxyl groups excluding tert-OH is 1. The summed E-state index contributed by atoms with van der Waals surface area (Å²) < 4.78 is 39.5. The number of rotatable bonds is 3. The number of piperidine rings is 1. The zero-order valence-electron chi connectivity index (χ0n) is 13.5. The number of alkyl halides is 3. The Balaban J connectivity index is 1.85. The van der Waals surface area contributed by atoms with Crippen molar-refractivity contribution < 1.29 is 18.3 Å². The summed E-state index contributed by atoms with van der Waals surface area (Å²) >= 11 is 0. The zero-order chi connectivity index (χ0) is 18.0. The smallest absolute Gasteiger partial charge is 0.393 e. The fourth-order valence-electron chi connectivity index (χ4n) is 2.90. The maximum Gasteiger partial charge on any atom is 0.416 e. The third-order valence-electron chi connectivity index (χ3n) is 4.35. The Morgan fingerprint density at radius 2 is 1.76 bits per heavy atom. The molecule has 1 saturated heterocycles. The molecule has 5 nitrogen and oxygen atoms in total. The van der Waals surface area contributed by atoms with E-state index in [0.29, 0.717) is 43.0 Å². The van der Waals surface area contributed by atoms with E-state index in [4.69, 9.17) is 5.73 Å². The average molecular weight is 352 g/mol. The van der Waals surface area contributed by atoms with Crippen molar-refractivity contribution in [2.45, 2.75) is 31.7 Å². The summed E-state index contributed by atoms with van der Waals surface area (Å²) in [6.45, 7) is 1.14. The largest absolute Gasteiger partial charge is 0.416 e. The molecule has 0 amide bonds. The van der Waals surface area contributed by atoms with Gasteiger partial charge in [0.25, 0.3) is 0 Å². The molecule has 1 aromatic carbocycles. The van der Waals surface area contributed by atoms with Crippen molar-refractivity contribution in [1.29, 1.82) is 0 Å². The molecule has 1 aromatic heterocycles. The highest BCUT2D eigenvalue weighted by Crippen LogP contribution is 2.34. The molecular formula is C17H19F3N4O. The van der Waals surface area contributed by atoms with Crippen LogP contribution in [0.3, 0.4) is 0 Å². The van der Waals surface area contributed by atoms with E-state index >= 15 is 0 Å². The molecule has 3 rings (SSSR count). The number of hydrogen-bond donors (Lipinski definition) is 2. The lowest BCUT2D eigenvalue weighted by Gasteiger charge is -2.29. The Kier molecular flexibility index (Phi) is 4.91. The number of nitrogens with zero attached hydrogens (tertiary/aromatic N) is 3. The van der Waals surface area contributed by atoms with Gasteiger partial charge in [0.05, 0.1) is 11.7 Å². The summed E-state index contributed by atoms with van der Waals surface area (Å²) in [6.07, 6.45) is -0.408. The van der Waals surface area contributed by atoms with Crippen LogP contribution in [0.25, 0.3) is 11.1 Å². The molecule has 1 fully saturated rings. The van der Waals surface area contributed by atoms with Crippen LogP contribution < -0.4 is 10.6 Å². The molecule has 1 aliphatic heterocycles. The van der Waals surface area contributed by atoms with Crippen molar-refractivity contribution >= 4 is 5.95 Å². The van der Waals surface area contributed by atoms with Gasteiger partial charge in [-0.1, -0.05) is 12.1 Å². The number of halogens is 3. The van der Waals surface area contributed by atoms with E-state index in [9.17, 15) is 18.3 Å². The van der Waals surface area contributed by atoms with Gasteiger partial charge in [0.2, 0.25) is 5.95 Å². The van der Waals surface area contributed by atoms with Crippen LogP contribution in [0.4, 0.5) is 19.1 Å². The molecule has 0 unspecified atom stereocenters. The van der Waals surface area contributed by atoms with Crippen molar-refractivity contribution in [2.24, 2.45) is 5.73 Å². The van der Waals surface area contributed by atoms with E-state index in [2.05, 4.69) is 9.97 Å². The lowest BCUT2D eigenvalue weighted by Crippen LogP contribution is -2.36. The second kappa shape index (κ2) is 6.97. The van der Waals surface area contributed by atoms with Gasteiger partial charge in [0, 0.05) is 37.6 Å². The van der Waals surface area contributed by atoms with Crippen LogP contribution in [0.2, 0.25) is 0 Å². The minimum Gasteiger partial charge on any atom is -0.393 e. The Morgan fingerprint density at radius 3 is 2.32 bits per heavy atom. The number of nitrogens with two attached hydrogens (primary N) is 1. The molecule has 8 heteroatoms. The fourth-order valence-corrected chi connectivity index (χ4v) is 2.90. The lowest BCUT2D eigenvalue weighted by atomic mass is 10.0. The van der Waals surface area contributed by atoms with Gasteiger partial charge < -0.3 is 15.7 Å². The number of aromatic nitrogens is 2. The van der Waals surface area contributed by atoms with Crippen molar-refractivity contribution in [3.05, 3.63) is 41.7 Å². The highest BCUT2D eigenvalue weighted by atomic mass is 19.4. The Hall–Kier alpha value is -2.19. The van der Waals surface area contributed by atoms with Crippen molar-refractivity contribution in [2.75, 3.05) is 18.0 Å². The third kappa shape index (κ3) is 3.91. The minimum absolute atomic E-state index is 0.0562. The highest BCUT2D eigenvalue weighted by molar-refractivity contribution is 5.64. The van der Waals surface area contributed by atoms with E-state index in [0.717, 1.165) is 6.07 Å². The van der Waals surface area contributed by atoms with Gasteiger partial charge in [-0.25, -0.2) is 9.97 Å². The normalized spacial score (nSPS) is 16.3. The predicted octanol–water partition coefficient (Wildman–Crippen LogP) is 2.58. The summed E-state index contributed by atoms with van der Waals surface area (Å²) in [5.74, 6) is 0.519. The first-order valence-electron chi connectivity index (χ1n) is 8.04. The molecule has 0 atom stereocenters. The van der Waals surface area contributed by atoms with Crippen molar-refractivity contribution in [3.63, 3.8) is 0 Å². The number of anilines is 1. The molecule has 134 valence electrons. The van der Waals surface area contributed by atoms with E-state index < -0.39 is 11.7 Å². The molecule has 0 bridgehead atoms. The molecule has 25 heavy (non-hydrogen) atoms. The molecule has 3 N–H and O–H groups in total. The highest BCUT2D eigenvalue weighted by Gasteiger charge is 2.33. The zero-order valence-corrected chi connectivity index (χ0v) is 13.5. The van der Waals surface area contributed by atoms with Crippen LogP contribution in [0.5, 0.6) is 0 Å². The maximum atomic E-state index is 13.2. The van der Waals surface area contributed by atoms with Gasteiger partial charge in [0.1, 0.15) is 0 Å². The standard InChI is InChI=1S/C17H19F3N4O/c18-17(19,20)15-7-11(1-2-12(15)8-21)13-9-22-16(23-10-13)24-5-3-14(25)4-6-24/h1-2,7,9-10,14,25H,3-6,8,21H2. The van der Waals surface area contributed by atoms with E-state index in [1.807, 2.05) is 4.90 Å². The van der Waals surface area contributed by atoms with E-state index in [-0.39, 0.29) is 18.2 Å². The summed E-state index contributed by atoms with van der Waals surface area (Å²) in [6, 6.07) is 4.06. The molecular weight excluding hydrogens is 333 g/mol. The predicted molar refractivity (Wildman–Crippen MR) is 87.8 cm³/mol. The Labute approximate surface area is 143 Å². The molecule has 0 aliphatic carbocycles. The summed E-state index contributed by atoms with van der Waals surface area (Å²) in [5, 5.41) is 9.53. The summed E-state index contributed by atoms with van der Waals surface area (Å²) in [5.41, 5.74) is 5.62. The van der Waals surface area contributed by atoms with Crippen LogP contribution >= 0.6 is 0 Å². The fraction of sp³-hybridized carbons (Fsp3) is 0.412. The molecule has 2 heterocycles. The van der Waals surface area contributed by atoms with Gasteiger partial charge >= 0.3 is 6.18 Å². The second-order valence-corrected chi connectivity index (χ2v) is 6.06. The minimum atomic E-state index is -4.46. The first-order valence-corrected chi connectivity index (χ1v) is 8.04. The Bertz CT molecular complexity index is 726. The molecule has 2 aromatic rings. The molecule has 0 spiro atoms. The second-order valence-electron chi connectivity index (χ2n) is 6.06. The van der Waals surface area contributed by atoms with Gasteiger partial charge in [-0.05, 0) is 30.0 Å². The van der Waals surface area contributed by atoms with Crippen LogP contribution in [0.15, 0.2) is 30.6 Å². The number of hydrogen-bond acceptors (Lipinski definition) is 5. The first-order chi connectivity index (χ1) is 11.9. The van der Waals surface area contributed by atoms with Gasteiger partial charge in [-0.2, -0.15) is 13.2 Å². The average Bonchev–Trinajstić information content (AvgIpc) is 2.61. The lowest BCUT2D eigenvalue weighted by molar-refractivity contribution is -0.138. The number of aliphatic hydroxyl groups is 1. The van der Waals surface area contributed by atoms with Gasteiger partial charge in [-0.3, -0.25) is 0 Å². The van der Waals surface area contributed by atoms with Crippen molar-refractivity contribution in [1.82, 2.24) is 9.97 Å². The van der Waals surface area contributed by atoms with Gasteiger partial charge in [-0.15, -0.1) is 0 Å². The number of benzene rings is 1. The van der Waals surface area contributed by atoms with E-state index in [1.54, 1.807) is 6.07 Å². The topological polar surface area (TPSA) is 75.3 Å². The van der Waals surface area contributed by atoms with Gasteiger partial charge in [0.15, 0.2) is 0 Å². The van der Waals surface area contributed by atoms with Crippen LogP contribution in [0.1, 0.15) is 24.0 Å². The maximum absolute atomic E-state index is 13.2. The van der Waals surface area contributed by atoms with Crippen LogP contribution in [-0.2, 0) is 12.7 Å². The summed E-state index contributed by atoms with van der Waals surface area (Å²) in [7, 11) is 0. The quantitative estimate of drug-likeness (QED) is 0.888. The summed E-state index contributed by atoms with van der Waals surface area (Å²) in [4.78, 5) is 10.5. The van der Waals surface area contributed by atoms with E-state index in [1.165, 1.54) is 18.5 Å². The first kappa shape index (κ1) is 17.6. The van der Waals surface area contributed by atoms with Crippen molar-refractivity contribution in [3.8, 4) is 11.1 Å². The molecule has 1 aliphatic rings. The third-order valence-corrected chi connectivity index (χ3v) is 4.35. The monoisotopic (exact) mass is 352 g/mol. The van der Waals surface area contributed by atoms with Crippen LogP contribution in [-0.4, -0.2) is 34.3 Å².